The Hall–Kier alpha value is -0.240. The quantitative estimate of drug-likeness (QED) is 0.226. The van der Waals surface area contributed by atoms with Crippen molar-refractivity contribution in [1.29, 1.82) is 0 Å². The van der Waals surface area contributed by atoms with Gasteiger partial charge in [-0.2, -0.15) is 0 Å². The molecule has 0 amide bonds. The van der Waals surface area contributed by atoms with Crippen LogP contribution in [0.4, 0.5) is 0 Å². The minimum atomic E-state index is -0.595. The number of carbonyl (C=O) groups excluding carboxylic acids is 1. The third-order valence-corrected chi connectivity index (χ3v) is 0.393. The van der Waals surface area contributed by atoms with Gasteiger partial charge in [0.1, 0.15) is 0 Å². The molecule has 0 unspecified atom stereocenters. The topological polar surface area (TPSA) is 26.3 Å². The summed E-state index contributed by atoms with van der Waals surface area (Å²) >= 11 is 2.15. The summed E-state index contributed by atoms with van der Waals surface area (Å²) in [6.45, 7) is 2.05. The first-order chi connectivity index (χ1) is 4.31. The molecule has 0 aromatic carbocycles. The lowest BCUT2D eigenvalue weighted by atomic mass is 10.7. The van der Waals surface area contributed by atoms with Crippen LogP contribution in [0.5, 0.6) is 0 Å². The van der Waals surface area contributed by atoms with Crippen LogP contribution in [0.25, 0.3) is 0 Å². The van der Waals surface area contributed by atoms with E-state index in [4.69, 9.17) is 0 Å². The molecule has 0 aliphatic carbocycles. The smallest absolute Gasteiger partial charge is 0.384 e. The second-order valence-corrected chi connectivity index (χ2v) is 0.865. The molecule has 2 nitrogen and oxygen atoms in total. The van der Waals surface area contributed by atoms with Crippen LogP contribution in [0.2, 0.25) is 0 Å². The standard InChI is InChI=1S/C5H6O2.CH3I/c1-3-5(6)7-4-2;1-2/h1H,4H2,2H3;1H3. The maximum absolute atomic E-state index is 9.95. The molecule has 0 atom stereocenters. The summed E-state index contributed by atoms with van der Waals surface area (Å²) < 4.78 is 4.32. The van der Waals surface area contributed by atoms with Crippen molar-refractivity contribution < 1.29 is 9.53 Å². The molecule has 0 saturated carbocycles. The number of esters is 1. The van der Waals surface area contributed by atoms with E-state index in [0.717, 1.165) is 0 Å². The van der Waals surface area contributed by atoms with Crippen molar-refractivity contribution >= 4 is 28.6 Å². The van der Waals surface area contributed by atoms with E-state index in [-0.39, 0.29) is 0 Å². The second-order valence-electron chi connectivity index (χ2n) is 0.865. The van der Waals surface area contributed by atoms with Gasteiger partial charge in [0.15, 0.2) is 0 Å². The zero-order chi connectivity index (χ0) is 7.70. The Morgan fingerprint density at radius 3 is 2.33 bits per heavy atom. The van der Waals surface area contributed by atoms with Crippen molar-refractivity contribution in [2.24, 2.45) is 0 Å². The number of carbonyl (C=O) groups is 1. The molecule has 0 aromatic rings. The fraction of sp³-hybridized carbons (Fsp3) is 0.500. The average molecular weight is 240 g/mol. The van der Waals surface area contributed by atoms with E-state index >= 15 is 0 Å². The van der Waals surface area contributed by atoms with Crippen LogP contribution in [0.1, 0.15) is 6.92 Å². The summed E-state index contributed by atoms with van der Waals surface area (Å²) in [6.07, 6.45) is 4.63. The Kier molecular flexibility index (Phi) is 13.7. The Morgan fingerprint density at radius 1 is 1.78 bits per heavy atom. The zero-order valence-electron chi connectivity index (χ0n) is 5.48. The van der Waals surface area contributed by atoms with Crippen LogP contribution in [-0.2, 0) is 9.53 Å². The molecule has 0 heterocycles. The molecule has 0 bridgehead atoms. The number of rotatable bonds is 1. The molecule has 52 valence electrons. The number of alkyl halides is 1. The van der Waals surface area contributed by atoms with E-state index in [1.807, 2.05) is 4.93 Å². The molecule has 0 spiro atoms. The van der Waals surface area contributed by atoms with Gasteiger partial charge in [-0.3, -0.25) is 0 Å². The molecule has 3 heteroatoms. The van der Waals surface area contributed by atoms with Crippen LogP contribution in [0.3, 0.4) is 0 Å². The molecule has 0 rings (SSSR count). The number of terminal acetylenes is 1. The van der Waals surface area contributed by atoms with Gasteiger partial charge in [0, 0.05) is 5.92 Å². The van der Waals surface area contributed by atoms with Gasteiger partial charge in [0.05, 0.1) is 6.61 Å². The Morgan fingerprint density at radius 2 is 2.22 bits per heavy atom. The van der Waals surface area contributed by atoms with Gasteiger partial charge in [-0.25, -0.2) is 4.79 Å². The van der Waals surface area contributed by atoms with Gasteiger partial charge >= 0.3 is 5.97 Å². The number of halogens is 1. The van der Waals surface area contributed by atoms with Gasteiger partial charge in [-0.05, 0) is 11.9 Å². The summed E-state index contributed by atoms with van der Waals surface area (Å²) in [4.78, 5) is 11.9. The lowest BCUT2D eigenvalue weighted by Crippen LogP contribution is -1.98. The summed E-state index contributed by atoms with van der Waals surface area (Å²) in [5.74, 6) is 1.21. The monoisotopic (exact) mass is 240 g/mol. The molecule has 9 heavy (non-hydrogen) atoms. The van der Waals surface area contributed by atoms with Gasteiger partial charge in [-0.15, -0.1) is 6.42 Å². The summed E-state index contributed by atoms with van der Waals surface area (Å²) in [6, 6.07) is 0. The third-order valence-electron chi connectivity index (χ3n) is 0.393. The van der Waals surface area contributed by atoms with Crippen LogP contribution in [-0.4, -0.2) is 17.5 Å². The number of ether oxygens (including phenoxy) is 1. The minimum Gasteiger partial charge on any atom is -0.456 e. The maximum atomic E-state index is 9.95. The highest BCUT2D eigenvalue weighted by atomic mass is 127. The van der Waals surface area contributed by atoms with Crippen molar-refractivity contribution in [3.05, 3.63) is 0 Å². The average Bonchev–Trinajstić information content (AvgIpc) is 1.93. The zero-order valence-corrected chi connectivity index (χ0v) is 7.64. The highest BCUT2D eigenvalue weighted by Crippen LogP contribution is 1.70. The van der Waals surface area contributed by atoms with Crippen LogP contribution in [0.15, 0.2) is 0 Å². The molecule has 0 aromatic heterocycles. The normalized spacial score (nSPS) is 6.00. The van der Waals surface area contributed by atoms with Crippen molar-refractivity contribution in [3.63, 3.8) is 0 Å². The van der Waals surface area contributed by atoms with E-state index in [0.29, 0.717) is 6.61 Å². The molecule has 0 aliphatic rings. The predicted octanol–water partition coefficient (Wildman–Crippen LogP) is 1.23. The van der Waals surface area contributed by atoms with E-state index in [9.17, 15) is 4.79 Å². The highest BCUT2D eigenvalue weighted by molar-refractivity contribution is 14.1. The van der Waals surface area contributed by atoms with Crippen molar-refractivity contribution in [2.75, 3.05) is 11.5 Å². The Bertz CT molecular complexity index is 104. The van der Waals surface area contributed by atoms with Gasteiger partial charge in [0.25, 0.3) is 0 Å². The van der Waals surface area contributed by atoms with Gasteiger partial charge in [-0.1, -0.05) is 22.6 Å². The first-order valence-corrected chi connectivity index (χ1v) is 4.48. The van der Waals surface area contributed by atoms with E-state index in [1.165, 1.54) is 0 Å². The largest absolute Gasteiger partial charge is 0.456 e. The fourth-order valence-electron chi connectivity index (χ4n) is 0.173. The fourth-order valence-corrected chi connectivity index (χ4v) is 0.173. The van der Waals surface area contributed by atoms with Gasteiger partial charge < -0.3 is 4.74 Å². The number of hydrogen-bond donors (Lipinski definition) is 0. The summed E-state index contributed by atoms with van der Waals surface area (Å²) in [7, 11) is 0. The summed E-state index contributed by atoms with van der Waals surface area (Å²) in [5, 5.41) is 0. The van der Waals surface area contributed by atoms with Crippen molar-refractivity contribution in [3.8, 4) is 12.3 Å². The van der Waals surface area contributed by atoms with Crippen LogP contribution < -0.4 is 0 Å². The lowest BCUT2D eigenvalue weighted by molar-refractivity contribution is -0.136. The molecule has 0 fully saturated rings. The SMILES string of the molecule is C#CC(=O)OCC.CI. The maximum Gasteiger partial charge on any atom is 0.384 e. The van der Waals surface area contributed by atoms with E-state index in [2.05, 4.69) is 33.8 Å². The molecular formula is C6H9IO2. The van der Waals surface area contributed by atoms with E-state index < -0.39 is 5.97 Å². The van der Waals surface area contributed by atoms with Crippen molar-refractivity contribution in [1.82, 2.24) is 0 Å². The molecular weight excluding hydrogens is 231 g/mol. The number of hydrogen-bond acceptors (Lipinski definition) is 2. The second kappa shape index (κ2) is 10.7. The van der Waals surface area contributed by atoms with Crippen LogP contribution in [0, 0.1) is 12.3 Å². The van der Waals surface area contributed by atoms with E-state index in [1.54, 1.807) is 12.8 Å². The first kappa shape index (κ1) is 11.5. The summed E-state index contributed by atoms with van der Waals surface area (Å²) in [5.41, 5.74) is 0. The van der Waals surface area contributed by atoms with Gasteiger partial charge in [0.2, 0.25) is 0 Å². The Balaban J connectivity index is 0. The molecule has 0 aliphatic heterocycles. The first-order valence-electron chi connectivity index (χ1n) is 2.32. The predicted molar refractivity (Wildman–Crippen MR) is 45.4 cm³/mol. The molecule has 0 radical (unpaired) electrons. The van der Waals surface area contributed by atoms with Crippen LogP contribution >= 0.6 is 22.6 Å². The minimum absolute atomic E-state index is 0.350. The molecule has 0 N–H and O–H groups in total. The third kappa shape index (κ3) is 11.4. The lowest BCUT2D eigenvalue weighted by Gasteiger charge is -1.88. The highest BCUT2D eigenvalue weighted by Gasteiger charge is 1.87. The molecule has 0 saturated heterocycles. The Labute approximate surface area is 69.1 Å². The van der Waals surface area contributed by atoms with Crippen molar-refractivity contribution in [2.45, 2.75) is 6.92 Å².